The van der Waals surface area contributed by atoms with Crippen LogP contribution >= 0.6 is 23.2 Å². The molecule has 2 amide bonds. The molecule has 0 aliphatic carbocycles. The lowest BCUT2D eigenvalue weighted by Gasteiger charge is -2.32. The minimum atomic E-state index is -4.14. The molecule has 3 aromatic rings. The van der Waals surface area contributed by atoms with E-state index in [9.17, 15) is 18.0 Å². The molecule has 0 aliphatic rings. The lowest BCUT2D eigenvalue weighted by Crippen LogP contribution is -2.51. The number of hydrogen-bond acceptors (Lipinski definition) is 5. The molecule has 39 heavy (non-hydrogen) atoms. The second-order valence-corrected chi connectivity index (χ2v) is 11.3. The van der Waals surface area contributed by atoms with Crippen molar-refractivity contribution in [3.63, 3.8) is 0 Å². The molecule has 208 valence electrons. The fourth-order valence-electron chi connectivity index (χ4n) is 3.86. The van der Waals surface area contributed by atoms with Gasteiger partial charge >= 0.3 is 0 Å². The molecule has 0 aliphatic heterocycles. The lowest BCUT2D eigenvalue weighted by molar-refractivity contribution is -0.139. The summed E-state index contributed by atoms with van der Waals surface area (Å²) in [5.74, 6) is -0.381. The van der Waals surface area contributed by atoms with Crippen LogP contribution in [0.4, 0.5) is 5.69 Å². The van der Waals surface area contributed by atoms with Gasteiger partial charge in [-0.1, -0.05) is 47.5 Å². The molecule has 11 heteroatoms. The number of sulfonamides is 1. The Morgan fingerprint density at radius 3 is 2.21 bits per heavy atom. The smallest absolute Gasteiger partial charge is 0.264 e. The second kappa shape index (κ2) is 13.7. The summed E-state index contributed by atoms with van der Waals surface area (Å²) in [6.07, 6.45) is 0. The Morgan fingerprint density at radius 2 is 1.62 bits per heavy atom. The van der Waals surface area contributed by atoms with Gasteiger partial charge in [0.2, 0.25) is 11.8 Å². The molecule has 0 spiro atoms. The van der Waals surface area contributed by atoms with Crippen LogP contribution in [0.3, 0.4) is 0 Å². The van der Waals surface area contributed by atoms with Gasteiger partial charge in [-0.15, -0.1) is 0 Å². The topological polar surface area (TPSA) is 96.0 Å². The fourth-order valence-corrected chi connectivity index (χ4v) is 5.62. The standard InChI is InChI=1S/C28H31Cl2N3O5S/c1-4-31-28(35)20(3)32(18-21-11-16-25(29)26(30)17-21)27(34)19-33(22-12-14-23(15-13-22)38-5-2)39(36,37)24-9-7-6-8-10-24/h6-17,20H,4-5,18-19H2,1-3H3,(H,31,35)/t20-/m1/s1. The zero-order chi connectivity index (χ0) is 28.6. The number of nitrogens with zero attached hydrogens (tertiary/aromatic N) is 2. The molecule has 0 heterocycles. The van der Waals surface area contributed by atoms with Crippen molar-refractivity contribution in [2.24, 2.45) is 0 Å². The third-order valence-electron chi connectivity index (χ3n) is 5.90. The predicted octanol–water partition coefficient (Wildman–Crippen LogP) is 5.14. The molecule has 0 radical (unpaired) electrons. The molecule has 0 fully saturated rings. The molecule has 0 bridgehead atoms. The third-order valence-corrected chi connectivity index (χ3v) is 8.43. The second-order valence-electron chi connectivity index (χ2n) is 8.59. The molecule has 0 aromatic heterocycles. The molecule has 1 atom stereocenters. The average molecular weight is 593 g/mol. The van der Waals surface area contributed by atoms with Crippen molar-refractivity contribution in [1.82, 2.24) is 10.2 Å². The summed E-state index contributed by atoms with van der Waals surface area (Å²) in [5.41, 5.74) is 0.906. The van der Waals surface area contributed by atoms with Crippen LogP contribution in [0.2, 0.25) is 10.0 Å². The van der Waals surface area contributed by atoms with Gasteiger partial charge in [-0.25, -0.2) is 8.42 Å². The van der Waals surface area contributed by atoms with E-state index in [1.165, 1.54) is 17.0 Å². The van der Waals surface area contributed by atoms with Crippen LogP contribution in [0.5, 0.6) is 5.75 Å². The van der Waals surface area contributed by atoms with Gasteiger partial charge in [0.25, 0.3) is 10.0 Å². The van der Waals surface area contributed by atoms with E-state index in [1.807, 2.05) is 6.92 Å². The highest BCUT2D eigenvalue weighted by Crippen LogP contribution is 2.27. The minimum absolute atomic E-state index is 0.0104. The fraction of sp³-hybridized carbons (Fsp3) is 0.286. The number of amides is 2. The number of carbonyl (C=O) groups excluding carboxylic acids is 2. The van der Waals surface area contributed by atoms with Crippen molar-refractivity contribution in [3.05, 3.63) is 88.4 Å². The van der Waals surface area contributed by atoms with Crippen molar-refractivity contribution in [2.45, 2.75) is 38.3 Å². The van der Waals surface area contributed by atoms with Gasteiger partial charge in [-0.2, -0.15) is 0 Å². The van der Waals surface area contributed by atoms with Gasteiger partial charge in [-0.3, -0.25) is 13.9 Å². The van der Waals surface area contributed by atoms with E-state index in [2.05, 4.69) is 5.32 Å². The summed E-state index contributed by atoms with van der Waals surface area (Å²) < 4.78 is 34.0. The highest BCUT2D eigenvalue weighted by Gasteiger charge is 2.32. The van der Waals surface area contributed by atoms with Gasteiger partial charge in [0.05, 0.1) is 27.2 Å². The normalized spacial score (nSPS) is 11.9. The molecule has 0 unspecified atom stereocenters. The number of ether oxygens (including phenoxy) is 1. The number of halogens is 2. The summed E-state index contributed by atoms with van der Waals surface area (Å²) in [5, 5.41) is 3.37. The molecule has 1 N–H and O–H groups in total. The van der Waals surface area contributed by atoms with Crippen LogP contribution < -0.4 is 14.4 Å². The largest absolute Gasteiger partial charge is 0.494 e. The van der Waals surface area contributed by atoms with E-state index in [0.717, 1.165) is 4.31 Å². The Bertz CT molecular complexity index is 1390. The maximum Gasteiger partial charge on any atom is 0.264 e. The van der Waals surface area contributed by atoms with E-state index in [-0.39, 0.29) is 23.0 Å². The Labute approximate surface area is 239 Å². The number of likely N-dealkylation sites (N-methyl/N-ethyl adjacent to an activating group) is 1. The third kappa shape index (κ3) is 7.65. The maximum atomic E-state index is 13.8. The molecule has 3 rings (SSSR count). The van der Waals surface area contributed by atoms with Crippen LogP contribution in [-0.4, -0.2) is 50.9 Å². The number of anilines is 1. The summed E-state index contributed by atoms with van der Waals surface area (Å²) >= 11 is 12.2. The van der Waals surface area contributed by atoms with Gasteiger partial charge in [0.1, 0.15) is 18.3 Å². The van der Waals surface area contributed by atoms with Gasteiger partial charge in [0, 0.05) is 13.1 Å². The highest BCUT2D eigenvalue weighted by molar-refractivity contribution is 7.92. The van der Waals surface area contributed by atoms with Crippen LogP contribution in [0.25, 0.3) is 0 Å². The van der Waals surface area contributed by atoms with E-state index in [4.69, 9.17) is 27.9 Å². The first kappa shape index (κ1) is 30.3. The van der Waals surface area contributed by atoms with E-state index in [1.54, 1.807) is 74.5 Å². The molecule has 0 saturated heterocycles. The SMILES string of the molecule is CCNC(=O)[C@@H](C)N(Cc1ccc(Cl)c(Cl)c1)C(=O)CN(c1ccc(OCC)cc1)S(=O)(=O)c1ccccc1. The van der Waals surface area contributed by atoms with Crippen molar-refractivity contribution < 1.29 is 22.7 Å². The van der Waals surface area contributed by atoms with Crippen molar-refractivity contribution in [3.8, 4) is 5.75 Å². The van der Waals surface area contributed by atoms with Crippen molar-refractivity contribution in [2.75, 3.05) is 24.0 Å². The lowest BCUT2D eigenvalue weighted by atomic mass is 10.1. The van der Waals surface area contributed by atoms with Crippen molar-refractivity contribution >= 4 is 50.7 Å². The number of benzene rings is 3. The summed E-state index contributed by atoms with van der Waals surface area (Å²) in [4.78, 5) is 28.0. The Kier molecular flexibility index (Phi) is 10.6. The summed E-state index contributed by atoms with van der Waals surface area (Å²) in [6, 6.07) is 18.3. The predicted molar refractivity (Wildman–Crippen MR) is 154 cm³/mol. The van der Waals surface area contributed by atoms with E-state index in [0.29, 0.717) is 34.5 Å². The molecule has 3 aromatic carbocycles. The van der Waals surface area contributed by atoms with Crippen molar-refractivity contribution in [1.29, 1.82) is 0 Å². The van der Waals surface area contributed by atoms with E-state index < -0.39 is 28.5 Å². The number of carbonyl (C=O) groups is 2. The number of nitrogens with one attached hydrogen (secondary N) is 1. The minimum Gasteiger partial charge on any atom is -0.494 e. The first-order valence-electron chi connectivity index (χ1n) is 12.4. The van der Waals surface area contributed by atoms with Crippen LogP contribution in [0, 0.1) is 0 Å². The molecule has 8 nitrogen and oxygen atoms in total. The Hall–Kier alpha value is -3.27. The maximum absolute atomic E-state index is 13.8. The first-order chi connectivity index (χ1) is 18.6. The number of rotatable bonds is 12. The van der Waals surface area contributed by atoms with Crippen LogP contribution in [-0.2, 0) is 26.2 Å². The first-order valence-corrected chi connectivity index (χ1v) is 14.6. The zero-order valence-corrected chi connectivity index (χ0v) is 24.3. The molecule has 0 saturated carbocycles. The summed E-state index contributed by atoms with van der Waals surface area (Å²) in [7, 11) is -4.14. The van der Waals surface area contributed by atoms with Crippen LogP contribution in [0.15, 0.2) is 77.7 Å². The van der Waals surface area contributed by atoms with Crippen LogP contribution in [0.1, 0.15) is 26.3 Å². The highest BCUT2D eigenvalue weighted by atomic mass is 35.5. The quantitative estimate of drug-likeness (QED) is 0.314. The zero-order valence-electron chi connectivity index (χ0n) is 21.9. The van der Waals surface area contributed by atoms with Gasteiger partial charge in [0.15, 0.2) is 0 Å². The number of hydrogen-bond donors (Lipinski definition) is 1. The molecular weight excluding hydrogens is 561 g/mol. The Morgan fingerprint density at radius 1 is 0.949 bits per heavy atom. The summed E-state index contributed by atoms with van der Waals surface area (Å²) in [6.45, 7) is 5.50. The Balaban J connectivity index is 2.02. The average Bonchev–Trinajstić information content (AvgIpc) is 2.93. The van der Waals surface area contributed by atoms with Gasteiger partial charge < -0.3 is 15.0 Å². The molecular formula is C28H31Cl2N3O5S. The van der Waals surface area contributed by atoms with Gasteiger partial charge in [-0.05, 0) is 74.9 Å². The monoisotopic (exact) mass is 591 g/mol. The van der Waals surface area contributed by atoms with E-state index >= 15 is 0 Å².